The summed E-state index contributed by atoms with van der Waals surface area (Å²) in [6, 6.07) is -1.60. The van der Waals surface area contributed by atoms with E-state index < -0.39 is 57.6 Å². The fourth-order valence-corrected chi connectivity index (χ4v) is 6.29. The number of hydrogen-bond acceptors (Lipinski definition) is 8. The number of aliphatic carboxylic acids is 1. The topological polar surface area (TPSA) is 169 Å². The molecule has 0 rings (SSSR count). The van der Waals surface area contributed by atoms with Gasteiger partial charge in [0.05, 0.1) is 13.2 Å². The molecule has 0 fully saturated rings. The summed E-state index contributed by atoms with van der Waals surface area (Å²) in [7, 11) is -4.80. The molecule has 3 unspecified atom stereocenters. The summed E-state index contributed by atoms with van der Waals surface area (Å²) in [4.78, 5) is 46.0. The number of allylic oxidation sites excluding steroid dienone is 24. The first-order valence-corrected chi connectivity index (χ1v) is 25.4. The van der Waals surface area contributed by atoms with E-state index >= 15 is 0 Å². The Morgan fingerprint density at radius 1 is 0.485 bits per heavy atom. The highest BCUT2D eigenvalue weighted by molar-refractivity contribution is 7.47. The van der Waals surface area contributed by atoms with Gasteiger partial charge in [0.2, 0.25) is 5.91 Å². The Bertz CT molecular complexity index is 1660. The number of esters is 1. The molecule has 0 aliphatic rings. The molecule has 0 radical (unpaired) electrons. The third kappa shape index (κ3) is 45.9. The van der Waals surface area contributed by atoms with Crippen molar-refractivity contribution in [2.45, 2.75) is 154 Å². The van der Waals surface area contributed by atoms with Crippen LogP contribution in [0, 0.1) is 0 Å². The molecule has 0 saturated carbocycles. The van der Waals surface area contributed by atoms with Crippen molar-refractivity contribution >= 4 is 25.7 Å². The van der Waals surface area contributed by atoms with Gasteiger partial charge in [0.25, 0.3) is 0 Å². The number of carboxylic acid groups (broad SMARTS) is 1. The predicted molar refractivity (Wildman–Crippen MR) is 272 cm³/mol. The fourth-order valence-electron chi connectivity index (χ4n) is 5.52. The van der Waals surface area contributed by atoms with Gasteiger partial charge in [-0.3, -0.25) is 18.6 Å². The molecule has 11 nitrogen and oxygen atoms in total. The number of aliphatic hydroxyl groups excluding tert-OH is 1. The van der Waals surface area contributed by atoms with E-state index in [1.54, 1.807) is 0 Å². The Kier molecular flexibility index (Phi) is 43.6. The first kappa shape index (κ1) is 61.4. The van der Waals surface area contributed by atoms with Crippen LogP contribution in [0.1, 0.15) is 142 Å². The van der Waals surface area contributed by atoms with E-state index in [4.69, 9.17) is 13.8 Å². The number of hydrogen-bond donors (Lipinski definition) is 4. The summed E-state index contributed by atoms with van der Waals surface area (Å²) in [6.07, 6.45) is 66.0. The number of carbonyl (C=O) groups excluding carboxylic acids is 2. The van der Waals surface area contributed by atoms with Crippen LogP contribution < -0.4 is 5.32 Å². The number of phosphoric acid groups is 1. The Hall–Kier alpha value is -4.64. The van der Waals surface area contributed by atoms with Crippen molar-refractivity contribution in [1.82, 2.24) is 5.32 Å². The Balaban J connectivity index is 4.04. The van der Waals surface area contributed by atoms with Crippen LogP contribution in [0.15, 0.2) is 146 Å². The van der Waals surface area contributed by atoms with Gasteiger partial charge in [0, 0.05) is 12.8 Å². The molecular weight excluding hydrogens is 854 g/mol. The second-order valence-corrected chi connectivity index (χ2v) is 16.6. The average Bonchev–Trinajstić information content (AvgIpc) is 3.29. The van der Waals surface area contributed by atoms with Crippen molar-refractivity contribution in [3.05, 3.63) is 146 Å². The molecular formula is C54H82NO10P. The van der Waals surface area contributed by atoms with E-state index in [0.29, 0.717) is 19.3 Å². The molecule has 0 heterocycles. The van der Waals surface area contributed by atoms with Crippen molar-refractivity contribution in [3.8, 4) is 0 Å². The first-order chi connectivity index (χ1) is 32.1. The molecule has 0 bridgehead atoms. The zero-order valence-electron chi connectivity index (χ0n) is 39.9. The lowest BCUT2D eigenvalue weighted by atomic mass is 10.1. The van der Waals surface area contributed by atoms with Gasteiger partial charge in [0.1, 0.15) is 12.7 Å². The van der Waals surface area contributed by atoms with Gasteiger partial charge in [-0.2, -0.15) is 0 Å². The van der Waals surface area contributed by atoms with Crippen LogP contribution in [-0.2, 0) is 32.7 Å². The quantitative estimate of drug-likeness (QED) is 0.0200. The average molecular weight is 936 g/mol. The van der Waals surface area contributed by atoms with Gasteiger partial charge in [-0.25, -0.2) is 9.36 Å². The van der Waals surface area contributed by atoms with Crippen LogP contribution >= 0.6 is 7.82 Å². The van der Waals surface area contributed by atoms with Gasteiger partial charge >= 0.3 is 19.8 Å². The largest absolute Gasteiger partial charge is 0.480 e. The molecule has 4 N–H and O–H groups in total. The van der Waals surface area contributed by atoms with Crippen molar-refractivity contribution in [3.63, 3.8) is 0 Å². The summed E-state index contributed by atoms with van der Waals surface area (Å²) < 4.78 is 26.8. The van der Waals surface area contributed by atoms with Gasteiger partial charge in [-0.05, 0) is 103 Å². The highest BCUT2D eigenvalue weighted by atomic mass is 31.2. The van der Waals surface area contributed by atoms with Gasteiger partial charge in [0.15, 0.2) is 6.04 Å². The molecule has 66 heavy (non-hydrogen) atoms. The second-order valence-electron chi connectivity index (χ2n) is 15.2. The van der Waals surface area contributed by atoms with E-state index in [9.17, 15) is 34.1 Å². The molecule has 1 amide bonds. The molecule has 0 saturated heterocycles. The maximum absolute atomic E-state index is 12.3. The molecule has 0 aromatic heterocycles. The molecule has 12 heteroatoms. The zero-order chi connectivity index (χ0) is 48.4. The number of ether oxygens (including phenoxy) is 1. The summed E-state index contributed by atoms with van der Waals surface area (Å²) in [5.74, 6) is -2.54. The molecule has 368 valence electrons. The monoisotopic (exact) mass is 936 g/mol. The number of aliphatic hydroxyl groups is 1. The third-order valence-electron chi connectivity index (χ3n) is 9.14. The van der Waals surface area contributed by atoms with Crippen molar-refractivity contribution < 1.29 is 47.8 Å². The van der Waals surface area contributed by atoms with Crippen LogP contribution in [0.4, 0.5) is 0 Å². The predicted octanol–water partition coefficient (Wildman–Crippen LogP) is 13.1. The van der Waals surface area contributed by atoms with Gasteiger partial charge in [-0.1, -0.05) is 173 Å². The summed E-state index contributed by atoms with van der Waals surface area (Å²) in [6.45, 7) is 2.26. The van der Waals surface area contributed by atoms with Gasteiger partial charge < -0.3 is 25.2 Å². The van der Waals surface area contributed by atoms with Crippen LogP contribution in [0.3, 0.4) is 0 Å². The molecule has 0 aromatic rings. The lowest BCUT2D eigenvalue weighted by Crippen LogP contribution is -2.43. The van der Waals surface area contributed by atoms with Crippen LogP contribution in [0.5, 0.6) is 0 Å². The Morgan fingerprint density at radius 3 is 1.26 bits per heavy atom. The third-order valence-corrected chi connectivity index (χ3v) is 10.1. The molecule has 0 aliphatic heterocycles. The number of nitrogens with one attached hydrogen (secondary N) is 1. The van der Waals surface area contributed by atoms with Crippen molar-refractivity contribution in [1.29, 1.82) is 0 Å². The van der Waals surface area contributed by atoms with E-state index in [1.165, 1.54) is 0 Å². The first-order valence-electron chi connectivity index (χ1n) is 23.9. The minimum absolute atomic E-state index is 0.00914. The zero-order valence-corrected chi connectivity index (χ0v) is 40.8. The van der Waals surface area contributed by atoms with Crippen LogP contribution in [-0.4, -0.2) is 64.9 Å². The number of carboxylic acids is 1. The lowest BCUT2D eigenvalue weighted by Gasteiger charge is -2.18. The second kappa shape index (κ2) is 46.9. The standard InChI is InChI=1S/C54H82NO10P/c1-3-5-7-9-11-13-15-17-19-21-23-24-25-26-28-30-32-34-36-38-40-42-44-46-53(58)63-47-50(56)48-64-66(61,62)65-49-51(54(59)60)55-52(57)45-43-41-39-37-35-33-31-29-27-22-20-18-16-14-12-10-8-6-4-2/h5-8,11-14,17-20,23-24,26-29,32-35,39,41,50-51,56H,3-4,9-10,15-16,21-22,25,30-31,36-38,40,42-49H2,1-2H3,(H,55,57)(H,59,60)(H,61,62)/b7-5-,8-6-,13-11-,14-12-,19-17-,20-18-,24-23-,28-26-,29-27-,34-32-,35-33-,41-39-. The minimum atomic E-state index is -4.80. The van der Waals surface area contributed by atoms with Gasteiger partial charge in [-0.15, -0.1) is 0 Å². The number of carbonyl (C=O) groups is 3. The number of rotatable bonds is 42. The number of phosphoric ester groups is 1. The highest BCUT2D eigenvalue weighted by Gasteiger charge is 2.28. The summed E-state index contributed by atoms with van der Waals surface area (Å²) in [5.41, 5.74) is 0. The van der Waals surface area contributed by atoms with Crippen molar-refractivity contribution in [2.24, 2.45) is 0 Å². The highest BCUT2D eigenvalue weighted by Crippen LogP contribution is 2.43. The van der Waals surface area contributed by atoms with E-state index in [1.807, 2.05) is 18.2 Å². The Labute approximate surface area is 397 Å². The minimum Gasteiger partial charge on any atom is -0.480 e. The fraction of sp³-hybridized carbons (Fsp3) is 0.500. The molecule has 0 aromatic carbocycles. The van der Waals surface area contributed by atoms with E-state index in [0.717, 1.165) is 96.3 Å². The van der Waals surface area contributed by atoms with Crippen LogP contribution in [0.25, 0.3) is 0 Å². The summed E-state index contributed by atoms with van der Waals surface area (Å²) >= 11 is 0. The van der Waals surface area contributed by atoms with Crippen LogP contribution in [0.2, 0.25) is 0 Å². The lowest BCUT2D eigenvalue weighted by molar-refractivity contribution is -0.147. The normalized spacial score (nSPS) is 14.8. The maximum atomic E-state index is 12.3. The smallest absolute Gasteiger partial charge is 0.472 e. The summed E-state index contributed by atoms with van der Waals surface area (Å²) in [5, 5.41) is 21.8. The van der Waals surface area contributed by atoms with Crippen molar-refractivity contribution in [2.75, 3.05) is 19.8 Å². The SMILES string of the molecule is CC/C=C\C/C=C\C/C=C\C/C=C\C/C=C\C/C=C\CCCCCCC(=O)OCC(O)COP(=O)(O)OCC(NC(=O)CC/C=C\C/C=C\C/C=C\C/C=C\C/C=C\C/C=C\CC)C(=O)O. The molecule has 0 spiro atoms. The Morgan fingerprint density at radius 2 is 0.848 bits per heavy atom. The van der Waals surface area contributed by atoms with E-state index in [-0.39, 0.29) is 12.8 Å². The van der Waals surface area contributed by atoms with E-state index in [2.05, 4.69) is 147 Å². The number of unbranched alkanes of at least 4 members (excludes halogenated alkanes) is 4. The number of amides is 1. The maximum Gasteiger partial charge on any atom is 0.472 e. The molecule has 3 atom stereocenters. The molecule has 0 aliphatic carbocycles.